The fraction of sp³-hybridized carbons (Fsp3) is 0.283. The van der Waals surface area contributed by atoms with E-state index in [1.807, 2.05) is 88.2 Å². The molecule has 1 N–H and O–H groups in total. The van der Waals surface area contributed by atoms with Gasteiger partial charge in [0.1, 0.15) is 60.9 Å². The third-order valence-electron chi connectivity index (χ3n) is 12.0. The molecule has 0 amide bonds. The predicted octanol–water partition coefficient (Wildman–Crippen LogP) is 4.60. The third-order valence-corrected chi connectivity index (χ3v) is 13.9. The SMILES string of the molecule is CC(C)(C)C(=O)OCn1nncc1COc1ccc(O)cc1.COc1ccc(Cn2nc(I)c3c(Cl)ccnc32)cc1.COc1ccc(Cn2nc(I)c3c(Oc4ccc(OCc5cnnn5COC(=O)C(C)(C)C)cc4)ccnc32)cc1.O=CO[O-].[2H]CF.[Cs+].[Cs+].[H-]. The van der Waals surface area contributed by atoms with Gasteiger partial charge in [-0.3, -0.25) is 18.8 Å². The number of hydrogen-bond acceptors (Lipinski definition) is 21. The van der Waals surface area contributed by atoms with Crippen molar-refractivity contribution in [2.75, 3.05) is 21.4 Å². The van der Waals surface area contributed by atoms with Crippen LogP contribution in [-0.2, 0) is 68.5 Å². The first-order chi connectivity index (χ1) is 43.1. The number of phenols is 1. The molecule has 0 radical (unpaired) electrons. The molecule has 0 spiro atoms. The van der Waals surface area contributed by atoms with Crippen molar-refractivity contribution >= 4 is 97.3 Å². The van der Waals surface area contributed by atoms with E-state index in [0.29, 0.717) is 52.5 Å². The van der Waals surface area contributed by atoms with Crippen LogP contribution in [0.15, 0.2) is 134 Å². The van der Waals surface area contributed by atoms with E-state index < -0.39 is 18.0 Å². The number of fused-ring (bicyclic) bond motifs is 2. The Morgan fingerprint density at radius 3 is 1.44 bits per heavy atom. The minimum atomic E-state index is -1.00. The number of alkyl halides is 1. The van der Waals surface area contributed by atoms with Gasteiger partial charge in [-0.2, -0.15) is 10.2 Å². The maximum absolute atomic E-state index is 12.1. The van der Waals surface area contributed by atoms with Gasteiger partial charge in [0.05, 0.1) is 86.2 Å². The maximum atomic E-state index is 12.1. The summed E-state index contributed by atoms with van der Waals surface area (Å²) >= 11 is 10.6. The van der Waals surface area contributed by atoms with Crippen LogP contribution in [0.3, 0.4) is 0 Å². The summed E-state index contributed by atoms with van der Waals surface area (Å²) < 4.78 is 62.5. The van der Waals surface area contributed by atoms with Crippen LogP contribution in [0.1, 0.15) is 66.9 Å². The maximum Gasteiger partial charge on any atom is 1.00 e. The van der Waals surface area contributed by atoms with Crippen LogP contribution >= 0.6 is 56.8 Å². The number of methoxy groups -OCH3 is 2. The molecule has 0 aliphatic carbocycles. The van der Waals surface area contributed by atoms with Gasteiger partial charge in [-0.05, 0) is 177 Å². The molecule has 25 nitrogen and oxygen atoms in total. The minimum Gasteiger partial charge on any atom is -1.00 e. The molecule has 0 unspecified atom stereocenters. The van der Waals surface area contributed by atoms with Gasteiger partial charge in [-0.15, -0.1) is 10.2 Å². The molecule has 0 bridgehead atoms. The van der Waals surface area contributed by atoms with Gasteiger partial charge in [-0.1, -0.05) is 46.3 Å². The Bertz CT molecular complexity index is 3900. The average Bonchev–Trinajstić information content (AvgIpc) is 1.70. The van der Waals surface area contributed by atoms with Crippen molar-refractivity contribution in [3.05, 3.63) is 169 Å². The number of pyridine rings is 2. The largest absolute Gasteiger partial charge is 1.00 e. The third kappa shape index (κ3) is 24.3. The summed E-state index contributed by atoms with van der Waals surface area (Å²) in [6.07, 6.45) is 6.54. The first-order valence-corrected chi connectivity index (χ1v) is 29.1. The molecule has 91 heavy (non-hydrogen) atoms. The molecule has 0 aliphatic heterocycles. The number of rotatable bonds is 19. The van der Waals surface area contributed by atoms with E-state index in [4.69, 9.17) is 61.3 Å². The van der Waals surface area contributed by atoms with Gasteiger partial charge in [0.15, 0.2) is 24.8 Å². The Balaban J connectivity index is 0.000000367. The number of nitrogens with zero attached hydrogens (tertiary/aromatic N) is 12. The van der Waals surface area contributed by atoms with Crippen LogP contribution in [0.2, 0.25) is 5.02 Å². The molecule has 4 aromatic carbocycles. The summed E-state index contributed by atoms with van der Waals surface area (Å²) in [6, 6.07) is 33.1. The predicted molar refractivity (Wildman–Crippen MR) is 339 cm³/mol. The van der Waals surface area contributed by atoms with Crippen molar-refractivity contribution in [2.24, 2.45) is 10.8 Å². The van der Waals surface area contributed by atoms with Gasteiger partial charge in [-0.25, -0.2) is 28.7 Å². The Hall–Kier alpha value is -4.65. The quantitative estimate of drug-likeness (QED) is 0.0380. The van der Waals surface area contributed by atoms with Crippen molar-refractivity contribution in [2.45, 2.75) is 81.3 Å². The summed E-state index contributed by atoms with van der Waals surface area (Å²) in [6.45, 7) is 12.2. The average molecular weight is 1740 g/mol. The van der Waals surface area contributed by atoms with Crippen molar-refractivity contribution in [3.63, 3.8) is 0 Å². The molecule has 10 aromatic rings. The summed E-state index contributed by atoms with van der Waals surface area (Å²) in [7, 11) is 2.31. The zero-order chi connectivity index (χ0) is 65.4. The molecular weight excluding hydrogens is 1670 g/mol. The van der Waals surface area contributed by atoms with Crippen LogP contribution in [0.5, 0.6) is 40.2 Å². The standard InChI is InChI=1S/C29H29IN6O5.C15H19N3O4.C14H11ClIN3O.CH3F.CH2O3.2Cs.H/c1-29(2,3)28(37)40-18-36-20(15-32-34-36)17-39-22-9-11-23(12-10-22)41-24-13-14-31-27-25(24)26(30)33-35(27)16-19-5-7-21(38-4)8-6-19;1-15(2,3)14(20)22-10-18-11(8-16-17-18)9-21-13-6-4-12(19)5-7-13;1-20-10-4-2-9(3-5-10)8-19-14-12(13(16)18-19)11(15)6-7-17-14;1-2;2-1-4-3;;;/h5-15H,16-18H2,1-4H3;4-8,19H,9-10H2,1-3H3;2-7H,8H2,1H3;1H3;1,3H;;;/q;;;;;2*+1;-1/p-1/i;;;1D;;;;. The molecule has 0 atom stereocenters. The van der Waals surface area contributed by atoms with Crippen molar-refractivity contribution < 1.29 is 208 Å². The second-order valence-electron chi connectivity index (χ2n) is 20.5. The number of ether oxygens (including phenoxy) is 7. The number of phenolic OH excluding ortho intramolecular Hbond substituents is 1. The van der Waals surface area contributed by atoms with Gasteiger partial charge in [0, 0.05) is 18.5 Å². The summed E-state index contributed by atoms with van der Waals surface area (Å²) in [5, 5.41) is 44.8. The minimum absolute atomic E-state index is 0. The molecule has 0 fully saturated rings. The second-order valence-corrected chi connectivity index (χ2v) is 23.0. The Morgan fingerprint density at radius 2 is 1.02 bits per heavy atom. The molecule has 472 valence electrons. The fourth-order valence-electron chi connectivity index (χ4n) is 7.42. The van der Waals surface area contributed by atoms with Crippen LogP contribution in [0, 0.1) is 18.2 Å². The number of aromatic nitrogens is 12. The van der Waals surface area contributed by atoms with Gasteiger partial charge >= 0.3 is 150 Å². The van der Waals surface area contributed by atoms with E-state index in [0.717, 1.165) is 52.1 Å². The molecule has 0 saturated carbocycles. The number of aromatic hydroxyl groups is 1. The van der Waals surface area contributed by atoms with Crippen molar-refractivity contribution in [3.8, 4) is 40.2 Å². The normalized spacial score (nSPS) is 10.7. The zero-order valence-corrected chi connectivity index (χ0v) is 69.1. The molecule has 6 heterocycles. The smallest absolute Gasteiger partial charge is 1.00 e. The molecule has 0 saturated heterocycles. The van der Waals surface area contributed by atoms with E-state index in [-0.39, 0.29) is 190 Å². The Labute approximate surface area is 676 Å². The number of esters is 2. The number of carbonyl (C=O) groups is 3. The van der Waals surface area contributed by atoms with Gasteiger partial charge < -0.3 is 49.8 Å². The second kappa shape index (κ2) is 39.3. The molecule has 6 aromatic heterocycles. The molecule has 31 heteroatoms. The monoisotopic (exact) mass is 1740 g/mol. The van der Waals surface area contributed by atoms with E-state index in [2.05, 4.69) is 85.8 Å². The Morgan fingerprint density at radius 1 is 0.637 bits per heavy atom. The fourth-order valence-corrected chi connectivity index (χ4v) is 9.37. The summed E-state index contributed by atoms with van der Waals surface area (Å²) in [4.78, 5) is 44.0. The number of carbonyl (C=O) groups excluding carboxylic acids is 3. The van der Waals surface area contributed by atoms with Crippen LogP contribution < -0.4 is 167 Å². The van der Waals surface area contributed by atoms with Gasteiger partial charge in [0.2, 0.25) is 0 Å². The number of hydrogen-bond donors (Lipinski definition) is 1. The summed E-state index contributed by atoms with van der Waals surface area (Å²) in [5.41, 5.74) is 3.94. The van der Waals surface area contributed by atoms with Crippen molar-refractivity contribution in [1.29, 1.82) is 0 Å². The zero-order valence-electron chi connectivity index (χ0n) is 53.5. The number of benzene rings is 4. The molecular formula is C60H64ClCs2FI2N12O13. The van der Waals surface area contributed by atoms with E-state index in [9.17, 15) is 19.1 Å². The van der Waals surface area contributed by atoms with E-state index >= 15 is 0 Å². The van der Waals surface area contributed by atoms with Crippen LogP contribution in [-0.4, -0.2) is 104 Å². The van der Waals surface area contributed by atoms with Crippen molar-refractivity contribution in [1.82, 2.24) is 59.5 Å². The molecule has 0 aliphatic rings. The Kier molecular flexibility index (Phi) is 33.3. The topological polar surface area (TPSA) is 291 Å². The number of halogens is 4. The summed E-state index contributed by atoms with van der Waals surface area (Å²) in [5.74, 6) is 3.74. The first kappa shape index (κ1) is 77.1. The van der Waals surface area contributed by atoms with Gasteiger partial charge in [0.25, 0.3) is 6.47 Å². The van der Waals surface area contributed by atoms with Crippen LogP contribution in [0.25, 0.3) is 22.1 Å². The molecule has 10 rings (SSSR count). The van der Waals surface area contributed by atoms with E-state index in [1.54, 1.807) is 98.7 Å². The van der Waals surface area contributed by atoms with E-state index in [1.165, 1.54) is 21.5 Å². The first-order valence-electron chi connectivity index (χ1n) is 27.2. The van der Waals surface area contributed by atoms with Crippen LogP contribution in [0.4, 0.5) is 4.39 Å².